The quantitative estimate of drug-likeness (QED) is 0.194. The van der Waals surface area contributed by atoms with E-state index in [9.17, 15) is 0 Å². The topological polar surface area (TPSA) is 48.2 Å². The fraction of sp³-hybridized carbons (Fsp3) is 0.200. The molecule has 6 aromatic rings. The van der Waals surface area contributed by atoms with E-state index in [-0.39, 0.29) is 11.8 Å². The molecule has 0 fully saturated rings. The number of para-hydroxylation sites is 1. The number of rotatable bonds is 3. The van der Waals surface area contributed by atoms with Gasteiger partial charge in [-0.15, -0.1) is 0 Å². The summed E-state index contributed by atoms with van der Waals surface area (Å²) in [6, 6.07) is 32.5. The fourth-order valence-corrected chi connectivity index (χ4v) is 8.49. The molecular weight excluding hydrogens is 601 g/mol. The highest BCUT2D eigenvalue weighted by Crippen LogP contribution is 2.49. The van der Waals surface area contributed by atoms with Gasteiger partial charge in [0.2, 0.25) is 0 Å². The summed E-state index contributed by atoms with van der Waals surface area (Å²) in [5.74, 6) is 2.83. The van der Waals surface area contributed by atoms with Crippen LogP contribution < -0.4 is 4.74 Å². The zero-order chi connectivity index (χ0) is 32.3. The van der Waals surface area contributed by atoms with Gasteiger partial charge < -0.3 is 9.15 Å². The van der Waals surface area contributed by atoms with Crippen LogP contribution in [0.1, 0.15) is 72.7 Å². The maximum Gasteiger partial charge on any atom is 0.175 e. The van der Waals surface area contributed by atoms with Crippen LogP contribution in [0.15, 0.2) is 137 Å². The lowest BCUT2D eigenvalue weighted by Gasteiger charge is -2.27. The highest BCUT2D eigenvalue weighted by Gasteiger charge is 2.35. The van der Waals surface area contributed by atoms with Crippen molar-refractivity contribution in [1.82, 2.24) is 9.97 Å². The molecule has 2 aromatic heterocycles. The number of furan rings is 1. The summed E-state index contributed by atoms with van der Waals surface area (Å²) in [7, 11) is 0. The van der Waals surface area contributed by atoms with Gasteiger partial charge in [0.1, 0.15) is 22.6 Å². The summed E-state index contributed by atoms with van der Waals surface area (Å²) in [4.78, 5) is 10.4. The van der Waals surface area contributed by atoms with Crippen molar-refractivity contribution >= 4 is 27.5 Å². The molecule has 0 N–H and O–H groups in total. The van der Waals surface area contributed by atoms with Gasteiger partial charge in [0, 0.05) is 33.4 Å². The van der Waals surface area contributed by atoms with Gasteiger partial charge >= 0.3 is 0 Å². The van der Waals surface area contributed by atoms with Gasteiger partial charge in [0.05, 0.1) is 11.6 Å². The highest BCUT2D eigenvalue weighted by atomic mass is 16.5. The molecule has 0 saturated heterocycles. The zero-order valence-electron chi connectivity index (χ0n) is 27.4. The van der Waals surface area contributed by atoms with E-state index in [1.54, 1.807) is 5.57 Å². The molecule has 2 unspecified atom stereocenters. The monoisotopic (exact) mass is 636 g/mol. The first-order valence-electron chi connectivity index (χ1n) is 17.8. The first-order chi connectivity index (χ1) is 24.3. The van der Waals surface area contributed by atoms with E-state index in [0.29, 0.717) is 5.82 Å². The van der Waals surface area contributed by atoms with Crippen LogP contribution in [0.3, 0.4) is 0 Å². The second kappa shape index (κ2) is 11.6. The van der Waals surface area contributed by atoms with Gasteiger partial charge in [-0.25, -0.2) is 9.97 Å². The van der Waals surface area contributed by atoms with Crippen molar-refractivity contribution in [3.05, 3.63) is 155 Å². The van der Waals surface area contributed by atoms with Gasteiger partial charge in [0.15, 0.2) is 11.6 Å². The number of benzene rings is 4. The van der Waals surface area contributed by atoms with E-state index >= 15 is 0 Å². The molecule has 1 aliphatic heterocycles. The number of nitrogens with zero attached hydrogens (tertiary/aromatic N) is 2. The van der Waals surface area contributed by atoms with Gasteiger partial charge in [-0.1, -0.05) is 109 Å². The van der Waals surface area contributed by atoms with Crippen molar-refractivity contribution in [2.75, 3.05) is 0 Å². The molecule has 3 aliphatic carbocycles. The molecule has 238 valence electrons. The molecule has 4 nitrogen and oxygen atoms in total. The average Bonchev–Trinajstić information content (AvgIpc) is 3.75. The van der Waals surface area contributed by atoms with E-state index in [1.165, 1.54) is 41.5 Å². The molecule has 0 saturated carbocycles. The van der Waals surface area contributed by atoms with Crippen LogP contribution >= 0.6 is 0 Å². The standard InChI is InChI=1S/C45H36N2O2/c1-4-15-29(16-5-1)41-44-42(37-19-9-10-24-39(37)49-44)47-45(46-41)30-25-26-40-38(27-30)36-23-12-22-35(43(36)48-40)34-21-11-20-32-31-17-8-7-14-28(31)13-3-2-6-18-33(32)34/h1,4-5,7-12,14-17,20,22-27,34,37H,2-3,6,13,18-19,21H2. The van der Waals surface area contributed by atoms with Crippen LogP contribution in [0.4, 0.5) is 0 Å². The Balaban J connectivity index is 1.10. The lowest BCUT2D eigenvalue weighted by atomic mass is 9.77. The molecule has 0 spiro atoms. The van der Waals surface area contributed by atoms with Crippen LogP contribution in [0.2, 0.25) is 0 Å². The van der Waals surface area contributed by atoms with Crippen LogP contribution in [-0.4, -0.2) is 9.97 Å². The second-order valence-electron chi connectivity index (χ2n) is 13.7. The summed E-state index contributed by atoms with van der Waals surface area (Å²) in [6.45, 7) is 0. The van der Waals surface area contributed by atoms with Crippen molar-refractivity contribution in [2.24, 2.45) is 0 Å². The highest BCUT2D eigenvalue weighted by molar-refractivity contribution is 6.07. The molecule has 4 aromatic carbocycles. The third-order valence-electron chi connectivity index (χ3n) is 10.9. The van der Waals surface area contributed by atoms with Crippen LogP contribution in [0.5, 0.6) is 5.75 Å². The van der Waals surface area contributed by atoms with E-state index in [2.05, 4.69) is 103 Å². The largest absolute Gasteiger partial charge is 0.457 e. The van der Waals surface area contributed by atoms with Gasteiger partial charge in [-0.05, 0) is 79.5 Å². The van der Waals surface area contributed by atoms with Gasteiger partial charge in [-0.2, -0.15) is 0 Å². The molecule has 4 heteroatoms. The second-order valence-corrected chi connectivity index (χ2v) is 13.7. The molecule has 0 amide bonds. The summed E-state index contributed by atoms with van der Waals surface area (Å²) in [5.41, 5.74) is 12.8. The number of hydrogen-bond acceptors (Lipinski definition) is 4. The average molecular weight is 637 g/mol. The third-order valence-corrected chi connectivity index (χ3v) is 10.9. The number of ether oxygens (including phenoxy) is 1. The number of aryl methyl sites for hydroxylation is 1. The molecular formula is C45H36N2O2. The zero-order valence-corrected chi connectivity index (χ0v) is 27.4. The normalized spacial score (nSPS) is 19.7. The minimum Gasteiger partial charge on any atom is -0.457 e. The summed E-state index contributed by atoms with van der Waals surface area (Å²) in [6.07, 6.45) is 18.9. The number of fused-ring (bicyclic) bond motifs is 8. The molecule has 49 heavy (non-hydrogen) atoms. The lowest BCUT2D eigenvalue weighted by molar-refractivity contribution is 0.425. The predicted molar refractivity (Wildman–Crippen MR) is 197 cm³/mol. The van der Waals surface area contributed by atoms with Crippen LogP contribution in [-0.2, 0) is 6.42 Å². The van der Waals surface area contributed by atoms with Gasteiger partial charge in [0.25, 0.3) is 0 Å². The number of aromatic nitrogens is 2. The third kappa shape index (κ3) is 4.73. The Hall–Kier alpha value is -5.48. The minimum absolute atomic E-state index is 0.110. The molecule has 3 heterocycles. The molecule has 0 radical (unpaired) electrons. The summed E-state index contributed by atoms with van der Waals surface area (Å²) < 4.78 is 13.2. The predicted octanol–water partition coefficient (Wildman–Crippen LogP) is 11.6. The van der Waals surface area contributed by atoms with Crippen molar-refractivity contribution in [3.8, 4) is 28.4 Å². The Kier molecular flexibility index (Phi) is 6.75. The van der Waals surface area contributed by atoms with Crippen LogP contribution in [0, 0.1) is 0 Å². The molecule has 0 bridgehead atoms. The maximum atomic E-state index is 6.77. The van der Waals surface area contributed by atoms with Crippen molar-refractivity contribution in [3.63, 3.8) is 0 Å². The lowest BCUT2D eigenvalue weighted by Crippen LogP contribution is -2.09. The van der Waals surface area contributed by atoms with Gasteiger partial charge in [-0.3, -0.25) is 0 Å². The van der Waals surface area contributed by atoms with E-state index < -0.39 is 0 Å². The Labute approximate surface area is 286 Å². The number of hydrogen-bond donors (Lipinski definition) is 0. The fourth-order valence-electron chi connectivity index (χ4n) is 8.49. The number of allylic oxidation sites excluding steroid dienone is 8. The van der Waals surface area contributed by atoms with E-state index in [0.717, 1.165) is 81.6 Å². The first kappa shape index (κ1) is 28.5. The molecule has 4 aliphatic rings. The van der Waals surface area contributed by atoms with E-state index in [4.69, 9.17) is 19.1 Å². The van der Waals surface area contributed by atoms with E-state index in [1.807, 2.05) is 18.2 Å². The summed E-state index contributed by atoms with van der Waals surface area (Å²) in [5, 5.41) is 2.24. The van der Waals surface area contributed by atoms with Crippen molar-refractivity contribution in [2.45, 2.75) is 56.8 Å². The SMILES string of the molecule is C1=CCC2C(=C1)Oc1c(-c3ccccc3)nc(-c3ccc4oc5c(C6CC=CC7=C6CCCCCc6ccccc67)cccc5c4c3)nc12. The first-order valence-corrected chi connectivity index (χ1v) is 17.8. The van der Waals surface area contributed by atoms with Crippen molar-refractivity contribution in [1.29, 1.82) is 0 Å². The minimum atomic E-state index is 0.110. The Bertz CT molecular complexity index is 2410. The van der Waals surface area contributed by atoms with Crippen LogP contribution in [0.25, 0.3) is 50.2 Å². The Morgan fingerprint density at radius 1 is 0.694 bits per heavy atom. The van der Waals surface area contributed by atoms with Crippen molar-refractivity contribution < 1.29 is 9.15 Å². The maximum absolute atomic E-state index is 6.77. The molecule has 10 rings (SSSR count). The molecule has 2 atom stereocenters. The Morgan fingerprint density at radius 3 is 2.53 bits per heavy atom. The Morgan fingerprint density at radius 2 is 1.57 bits per heavy atom. The summed E-state index contributed by atoms with van der Waals surface area (Å²) >= 11 is 0. The smallest absolute Gasteiger partial charge is 0.175 e.